The number of benzene rings is 2. The first kappa shape index (κ1) is 19.8. The summed E-state index contributed by atoms with van der Waals surface area (Å²) >= 11 is 4.59. The normalized spacial score (nSPS) is 14.1. The van der Waals surface area contributed by atoms with E-state index in [-0.39, 0.29) is 16.2 Å². The van der Waals surface area contributed by atoms with Crippen molar-refractivity contribution in [3.63, 3.8) is 0 Å². The summed E-state index contributed by atoms with van der Waals surface area (Å²) < 4.78 is 28.0. The fourth-order valence-corrected chi connectivity index (χ4v) is 4.41. The number of nitrogens with zero attached hydrogens (tertiary/aromatic N) is 1. The van der Waals surface area contributed by atoms with E-state index >= 15 is 0 Å². The molecule has 1 aromatic heterocycles. The van der Waals surface area contributed by atoms with Crippen LogP contribution in [-0.2, 0) is 10.0 Å². The van der Waals surface area contributed by atoms with Crippen molar-refractivity contribution in [3.05, 3.63) is 72.6 Å². The minimum absolute atomic E-state index is 0.0594. The average Bonchev–Trinajstić information content (AvgIpc) is 2.67. The van der Waals surface area contributed by atoms with Crippen molar-refractivity contribution in [2.75, 3.05) is 13.1 Å². The molecule has 0 amide bonds. The van der Waals surface area contributed by atoms with Crippen molar-refractivity contribution in [1.29, 1.82) is 0 Å². The van der Waals surface area contributed by atoms with Gasteiger partial charge in [0.25, 0.3) is 0 Å². The number of rotatable bonds is 8. The third-order valence-corrected chi connectivity index (χ3v) is 6.32. The minimum atomic E-state index is -3.58. The number of hydrogen-bond acceptors (Lipinski definition) is 5. The van der Waals surface area contributed by atoms with Crippen LogP contribution in [0.1, 0.15) is 17.7 Å². The molecule has 7 heteroatoms. The molecule has 3 rings (SSSR count). The van der Waals surface area contributed by atoms with Crippen LogP contribution in [0.3, 0.4) is 0 Å². The number of hydrogen-bond donors (Lipinski definition) is 3. The van der Waals surface area contributed by atoms with E-state index in [1.165, 1.54) is 0 Å². The third-order valence-electron chi connectivity index (χ3n) is 4.25. The molecule has 0 saturated carbocycles. The van der Waals surface area contributed by atoms with Gasteiger partial charge in [-0.05, 0) is 36.1 Å². The maximum absolute atomic E-state index is 12.6. The van der Waals surface area contributed by atoms with Crippen molar-refractivity contribution in [3.8, 4) is 0 Å². The van der Waals surface area contributed by atoms with Crippen molar-refractivity contribution >= 4 is 33.4 Å². The zero-order valence-electron chi connectivity index (χ0n) is 15.0. The zero-order valence-corrected chi connectivity index (χ0v) is 16.7. The number of aromatic nitrogens is 1. The highest BCUT2D eigenvalue weighted by Crippen LogP contribution is 2.19. The number of nitrogens with one attached hydrogen (secondary N) is 2. The lowest BCUT2D eigenvalue weighted by Crippen LogP contribution is -2.40. The Morgan fingerprint density at radius 3 is 2.59 bits per heavy atom. The smallest absolute Gasteiger partial charge is 0.240 e. The molecule has 0 aliphatic heterocycles. The molecule has 2 N–H and O–H groups in total. The van der Waals surface area contributed by atoms with Gasteiger partial charge in [-0.25, -0.2) is 13.1 Å². The van der Waals surface area contributed by atoms with Crippen LogP contribution < -0.4 is 10.0 Å². The molecule has 0 fully saturated rings. The lowest BCUT2D eigenvalue weighted by Gasteiger charge is -2.17. The molecule has 3 aromatic rings. The Morgan fingerprint density at radius 1 is 1.04 bits per heavy atom. The molecule has 0 aliphatic rings. The molecule has 5 nitrogen and oxygen atoms in total. The molecule has 0 spiro atoms. The molecule has 0 saturated heterocycles. The fourth-order valence-electron chi connectivity index (χ4n) is 2.83. The SMILES string of the molecule is C[C@H](CNCC(S)c1ccccc1)NS(=O)(=O)c1ccc2cnccc2c1. The molecule has 1 heterocycles. The van der Waals surface area contributed by atoms with E-state index in [1.54, 1.807) is 36.7 Å². The molecular formula is C20H23N3O2S2. The van der Waals surface area contributed by atoms with E-state index in [0.29, 0.717) is 13.1 Å². The standard InChI is InChI=1S/C20H23N3O2S2/c1-15(12-22-14-20(26)16-5-3-2-4-6-16)23-27(24,25)19-8-7-18-13-21-10-9-17(18)11-19/h2-11,13,15,20,22-23,26H,12,14H2,1H3/t15-,20?/m1/s1. The molecule has 0 bridgehead atoms. The second-order valence-electron chi connectivity index (χ2n) is 6.49. The first-order valence-electron chi connectivity index (χ1n) is 8.75. The summed E-state index contributed by atoms with van der Waals surface area (Å²) in [5, 5.41) is 5.09. The lowest BCUT2D eigenvalue weighted by molar-refractivity contribution is 0.536. The quantitative estimate of drug-likeness (QED) is 0.507. The van der Waals surface area contributed by atoms with E-state index in [2.05, 4.69) is 27.7 Å². The van der Waals surface area contributed by atoms with Gasteiger partial charge >= 0.3 is 0 Å². The topological polar surface area (TPSA) is 71.1 Å². The summed E-state index contributed by atoms with van der Waals surface area (Å²) in [4.78, 5) is 4.30. The summed E-state index contributed by atoms with van der Waals surface area (Å²) in [6.07, 6.45) is 3.37. The van der Waals surface area contributed by atoms with Gasteiger partial charge in [0.1, 0.15) is 0 Å². The van der Waals surface area contributed by atoms with Gasteiger partial charge in [0.2, 0.25) is 10.0 Å². The highest BCUT2D eigenvalue weighted by molar-refractivity contribution is 7.89. The van der Waals surface area contributed by atoms with Crippen LogP contribution in [0.2, 0.25) is 0 Å². The van der Waals surface area contributed by atoms with Crippen LogP contribution in [0, 0.1) is 0 Å². The Kier molecular flexibility index (Phi) is 6.49. The summed E-state index contributed by atoms with van der Waals surface area (Å²) in [5.41, 5.74) is 1.13. The summed E-state index contributed by atoms with van der Waals surface area (Å²) in [5.74, 6) is 0. The maximum atomic E-state index is 12.6. The molecular weight excluding hydrogens is 378 g/mol. The Labute approximate surface area is 165 Å². The molecule has 1 unspecified atom stereocenters. The number of thiol groups is 1. The number of sulfonamides is 1. The molecule has 0 radical (unpaired) electrons. The highest BCUT2D eigenvalue weighted by atomic mass is 32.2. The first-order chi connectivity index (χ1) is 13.0. The second kappa shape index (κ2) is 8.84. The molecule has 142 valence electrons. The van der Waals surface area contributed by atoms with Crippen LogP contribution in [0.4, 0.5) is 0 Å². The summed E-state index contributed by atoms with van der Waals surface area (Å²) in [7, 11) is -3.58. The summed E-state index contributed by atoms with van der Waals surface area (Å²) in [6, 6.07) is 16.6. The van der Waals surface area contributed by atoms with Crippen molar-refractivity contribution in [2.24, 2.45) is 0 Å². The highest BCUT2D eigenvalue weighted by Gasteiger charge is 2.18. The monoisotopic (exact) mass is 401 g/mol. The maximum Gasteiger partial charge on any atom is 0.240 e. The molecule has 2 aromatic carbocycles. The lowest BCUT2D eigenvalue weighted by atomic mass is 10.1. The van der Waals surface area contributed by atoms with Gasteiger partial charge in [-0.3, -0.25) is 4.98 Å². The van der Waals surface area contributed by atoms with E-state index in [4.69, 9.17) is 0 Å². The largest absolute Gasteiger partial charge is 0.314 e. The zero-order chi connectivity index (χ0) is 19.3. The van der Waals surface area contributed by atoms with Gasteiger partial charge < -0.3 is 5.32 Å². The van der Waals surface area contributed by atoms with Crippen LogP contribution in [0.5, 0.6) is 0 Å². The Hall–Kier alpha value is -1.93. The predicted octanol–water partition coefficient (Wildman–Crippen LogP) is 3.16. The van der Waals surface area contributed by atoms with Gasteiger partial charge in [-0.2, -0.15) is 12.6 Å². The first-order valence-corrected chi connectivity index (χ1v) is 10.8. The molecule has 27 heavy (non-hydrogen) atoms. The van der Waals surface area contributed by atoms with Gasteiger partial charge in [-0.15, -0.1) is 0 Å². The van der Waals surface area contributed by atoms with Crippen LogP contribution in [-0.4, -0.2) is 32.5 Å². The second-order valence-corrected chi connectivity index (χ2v) is 8.83. The molecule has 0 aliphatic carbocycles. The van der Waals surface area contributed by atoms with Crippen molar-refractivity contribution in [2.45, 2.75) is 23.1 Å². The van der Waals surface area contributed by atoms with Gasteiger partial charge in [0.05, 0.1) is 4.90 Å². The van der Waals surface area contributed by atoms with E-state index < -0.39 is 10.0 Å². The van der Waals surface area contributed by atoms with Crippen molar-refractivity contribution in [1.82, 2.24) is 15.0 Å². The van der Waals surface area contributed by atoms with Gasteiger partial charge in [0, 0.05) is 42.2 Å². The Bertz CT molecular complexity index is 994. The van der Waals surface area contributed by atoms with Gasteiger partial charge in [-0.1, -0.05) is 36.4 Å². The van der Waals surface area contributed by atoms with E-state index in [0.717, 1.165) is 16.3 Å². The average molecular weight is 402 g/mol. The predicted molar refractivity (Wildman–Crippen MR) is 113 cm³/mol. The Balaban J connectivity index is 1.56. The van der Waals surface area contributed by atoms with E-state index in [1.807, 2.05) is 37.3 Å². The van der Waals surface area contributed by atoms with Gasteiger partial charge in [0.15, 0.2) is 0 Å². The summed E-state index contributed by atoms with van der Waals surface area (Å²) in [6.45, 7) is 3.01. The molecule has 2 atom stereocenters. The van der Waals surface area contributed by atoms with Crippen molar-refractivity contribution < 1.29 is 8.42 Å². The minimum Gasteiger partial charge on any atom is -0.314 e. The third kappa shape index (κ3) is 5.29. The fraction of sp³-hybridized carbons (Fsp3) is 0.250. The number of pyridine rings is 1. The Morgan fingerprint density at radius 2 is 1.81 bits per heavy atom. The van der Waals surface area contributed by atoms with Crippen LogP contribution in [0.15, 0.2) is 71.9 Å². The number of fused-ring (bicyclic) bond motifs is 1. The van der Waals surface area contributed by atoms with Crippen LogP contribution in [0.25, 0.3) is 10.8 Å². The van der Waals surface area contributed by atoms with Crippen LogP contribution >= 0.6 is 12.6 Å². The van der Waals surface area contributed by atoms with E-state index in [9.17, 15) is 8.42 Å².